The first-order valence-corrected chi connectivity index (χ1v) is 5.03. The van der Waals surface area contributed by atoms with Crippen molar-refractivity contribution >= 4 is 11.8 Å². The third-order valence-corrected chi connectivity index (χ3v) is 5.10. The van der Waals surface area contributed by atoms with Gasteiger partial charge < -0.3 is 9.90 Å². The van der Waals surface area contributed by atoms with Gasteiger partial charge in [-0.25, -0.2) is 0 Å². The van der Waals surface area contributed by atoms with Crippen molar-refractivity contribution in [3.8, 4) is 0 Å². The second kappa shape index (κ2) is 2.20. The molecule has 0 spiro atoms. The van der Waals surface area contributed by atoms with E-state index in [9.17, 15) is 14.7 Å². The normalized spacial score (nSPS) is 44.4. The molecule has 2 fully saturated rings. The summed E-state index contributed by atoms with van der Waals surface area (Å²) in [5, 5.41) is 11.2. The van der Waals surface area contributed by atoms with E-state index < -0.39 is 22.2 Å². The number of carboxylic acid groups (broad SMARTS) is 1. The maximum absolute atomic E-state index is 11.8. The molecule has 0 amide bonds. The molecule has 2 atom stereocenters. The summed E-state index contributed by atoms with van der Waals surface area (Å²) >= 11 is 0. The molecule has 0 unspecified atom stereocenters. The lowest BCUT2D eigenvalue weighted by Gasteiger charge is -2.40. The highest BCUT2D eigenvalue weighted by Gasteiger charge is 2.70. The Labute approximate surface area is 83.5 Å². The maximum Gasteiger partial charge on any atom is 0.140 e. The quantitative estimate of drug-likeness (QED) is 0.613. The maximum atomic E-state index is 11.8. The molecular formula is C11H15O3-. The van der Waals surface area contributed by atoms with Gasteiger partial charge in [-0.3, -0.25) is 4.79 Å². The highest BCUT2D eigenvalue weighted by Crippen LogP contribution is 2.70. The van der Waals surface area contributed by atoms with Gasteiger partial charge in [0.15, 0.2) is 0 Å². The number of rotatable bonds is 1. The first-order chi connectivity index (χ1) is 6.28. The average molecular weight is 195 g/mol. The lowest BCUT2D eigenvalue weighted by molar-refractivity contribution is -0.323. The Morgan fingerprint density at radius 2 is 1.86 bits per heavy atom. The number of Topliss-reactive ketones (excluding diaryl/α,β-unsaturated/α-hetero) is 1. The summed E-state index contributed by atoms with van der Waals surface area (Å²) in [6, 6.07) is 0. The van der Waals surface area contributed by atoms with Gasteiger partial charge >= 0.3 is 0 Å². The lowest BCUT2D eigenvalue weighted by atomic mass is 9.65. The van der Waals surface area contributed by atoms with Crippen LogP contribution in [0.5, 0.6) is 0 Å². The van der Waals surface area contributed by atoms with E-state index in [1.807, 2.05) is 20.8 Å². The van der Waals surface area contributed by atoms with Crippen molar-refractivity contribution in [2.24, 2.45) is 16.2 Å². The van der Waals surface area contributed by atoms with Crippen molar-refractivity contribution in [1.29, 1.82) is 0 Å². The Hall–Kier alpha value is -0.860. The monoisotopic (exact) mass is 195 g/mol. The molecule has 0 aliphatic heterocycles. The zero-order chi connectivity index (χ0) is 10.8. The first kappa shape index (κ1) is 9.69. The molecule has 0 aromatic carbocycles. The predicted octanol–water partition coefficient (Wildman–Crippen LogP) is 0.522. The van der Waals surface area contributed by atoms with E-state index in [2.05, 4.69) is 0 Å². The summed E-state index contributed by atoms with van der Waals surface area (Å²) < 4.78 is 0. The van der Waals surface area contributed by atoms with Crippen LogP contribution < -0.4 is 5.11 Å². The molecule has 78 valence electrons. The molecule has 0 aromatic heterocycles. The van der Waals surface area contributed by atoms with Crippen molar-refractivity contribution in [1.82, 2.24) is 0 Å². The Bertz CT molecular complexity index is 331. The average Bonchev–Trinajstić information content (AvgIpc) is 2.34. The minimum Gasteiger partial charge on any atom is -0.550 e. The number of carbonyl (C=O) groups excluding carboxylic acids is 2. The zero-order valence-electron chi connectivity index (χ0n) is 8.85. The van der Waals surface area contributed by atoms with E-state index in [1.165, 1.54) is 0 Å². The summed E-state index contributed by atoms with van der Waals surface area (Å²) in [6.07, 6.45) is 1.44. The van der Waals surface area contributed by atoms with Gasteiger partial charge in [-0.1, -0.05) is 20.8 Å². The summed E-state index contributed by atoms with van der Waals surface area (Å²) in [4.78, 5) is 23.0. The predicted molar refractivity (Wildman–Crippen MR) is 48.2 cm³/mol. The van der Waals surface area contributed by atoms with Crippen LogP contribution in [0.4, 0.5) is 0 Å². The molecule has 14 heavy (non-hydrogen) atoms. The van der Waals surface area contributed by atoms with Gasteiger partial charge in [0.25, 0.3) is 0 Å². The summed E-state index contributed by atoms with van der Waals surface area (Å²) in [5.41, 5.74) is -1.82. The molecule has 0 N–H and O–H groups in total. The van der Waals surface area contributed by atoms with E-state index in [0.29, 0.717) is 12.8 Å². The fourth-order valence-corrected chi connectivity index (χ4v) is 3.31. The van der Waals surface area contributed by atoms with Crippen molar-refractivity contribution in [2.45, 2.75) is 40.0 Å². The van der Waals surface area contributed by atoms with Crippen LogP contribution in [-0.4, -0.2) is 11.8 Å². The summed E-state index contributed by atoms with van der Waals surface area (Å²) in [7, 11) is 0. The van der Waals surface area contributed by atoms with Gasteiger partial charge in [0.1, 0.15) is 5.78 Å². The van der Waals surface area contributed by atoms with E-state index in [0.717, 1.165) is 0 Å². The molecule has 2 rings (SSSR count). The largest absolute Gasteiger partial charge is 0.550 e. The Morgan fingerprint density at radius 1 is 1.29 bits per heavy atom. The second-order valence-corrected chi connectivity index (χ2v) is 5.43. The zero-order valence-corrected chi connectivity index (χ0v) is 8.85. The molecular weight excluding hydrogens is 180 g/mol. The Kier molecular flexibility index (Phi) is 1.53. The molecule has 2 aliphatic carbocycles. The number of ketones is 1. The third kappa shape index (κ3) is 0.677. The second-order valence-electron chi connectivity index (χ2n) is 5.43. The lowest BCUT2D eigenvalue weighted by Crippen LogP contribution is -2.47. The highest BCUT2D eigenvalue weighted by atomic mass is 16.4. The van der Waals surface area contributed by atoms with Crippen molar-refractivity contribution in [2.75, 3.05) is 0 Å². The fourth-order valence-electron chi connectivity index (χ4n) is 3.31. The van der Waals surface area contributed by atoms with Crippen molar-refractivity contribution < 1.29 is 14.7 Å². The van der Waals surface area contributed by atoms with Crippen molar-refractivity contribution in [3.63, 3.8) is 0 Å². The topological polar surface area (TPSA) is 57.2 Å². The van der Waals surface area contributed by atoms with E-state index in [1.54, 1.807) is 0 Å². The van der Waals surface area contributed by atoms with Gasteiger partial charge in [0, 0.05) is 23.2 Å². The number of hydrogen-bond donors (Lipinski definition) is 0. The van der Waals surface area contributed by atoms with Crippen LogP contribution in [0, 0.1) is 16.2 Å². The summed E-state index contributed by atoms with van der Waals surface area (Å²) in [6.45, 7) is 5.68. The van der Waals surface area contributed by atoms with Crippen molar-refractivity contribution in [3.05, 3.63) is 0 Å². The van der Waals surface area contributed by atoms with Crippen LogP contribution in [-0.2, 0) is 9.59 Å². The smallest absolute Gasteiger partial charge is 0.140 e. The molecule has 0 heterocycles. The number of aliphatic carboxylic acids is 1. The Balaban J connectivity index is 2.60. The van der Waals surface area contributed by atoms with Gasteiger partial charge in [-0.05, 0) is 18.3 Å². The van der Waals surface area contributed by atoms with Gasteiger partial charge in [0.2, 0.25) is 0 Å². The van der Waals surface area contributed by atoms with Crippen LogP contribution in [0.1, 0.15) is 40.0 Å². The van der Waals surface area contributed by atoms with Gasteiger partial charge in [-0.15, -0.1) is 0 Å². The highest BCUT2D eigenvalue weighted by molar-refractivity contribution is 5.96. The molecule has 0 saturated heterocycles. The molecule has 2 saturated carbocycles. The molecule has 0 radical (unpaired) electrons. The van der Waals surface area contributed by atoms with Crippen LogP contribution in [0.2, 0.25) is 0 Å². The van der Waals surface area contributed by atoms with Crippen LogP contribution in [0.15, 0.2) is 0 Å². The summed E-state index contributed by atoms with van der Waals surface area (Å²) in [5.74, 6) is -0.949. The SMILES string of the molecule is CC1(C)[C@@]2(C(=O)[O-])CC[C@]1(C)C(=O)C2. The number of hydrogen-bond acceptors (Lipinski definition) is 3. The third-order valence-electron chi connectivity index (χ3n) is 5.10. The molecule has 2 bridgehead atoms. The number of carbonyl (C=O) groups is 2. The molecule has 0 aromatic rings. The van der Waals surface area contributed by atoms with E-state index in [-0.39, 0.29) is 12.2 Å². The van der Waals surface area contributed by atoms with Crippen LogP contribution in [0.25, 0.3) is 0 Å². The standard InChI is InChI=1S/C11H16O3/c1-9(2)10(3)4-5-11(9,8(13)14)6-7(10)12/h4-6H2,1-3H3,(H,13,14)/p-1/t10-,11+/m1/s1. The minimum atomic E-state index is -1.04. The minimum absolute atomic E-state index is 0.0953. The van der Waals surface area contributed by atoms with Gasteiger partial charge in [0.05, 0.1) is 0 Å². The fraction of sp³-hybridized carbons (Fsp3) is 0.818. The van der Waals surface area contributed by atoms with Gasteiger partial charge in [-0.2, -0.15) is 0 Å². The Morgan fingerprint density at radius 3 is 2.07 bits per heavy atom. The van der Waals surface area contributed by atoms with Crippen LogP contribution >= 0.6 is 0 Å². The van der Waals surface area contributed by atoms with E-state index in [4.69, 9.17) is 0 Å². The molecule has 3 nitrogen and oxygen atoms in total. The number of carboxylic acids is 1. The molecule has 3 heteroatoms. The number of fused-ring (bicyclic) bond motifs is 2. The first-order valence-electron chi connectivity index (χ1n) is 5.03. The van der Waals surface area contributed by atoms with Crippen LogP contribution in [0.3, 0.4) is 0 Å². The molecule has 2 aliphatic rings. The van der Waals surface area contributed by atoms with E-state index >= 15 is 0 Å².